The number of hydrazone groups is 1. The quantitative estimate of drug-likeness (QED) is 0.434. The van der Waals surface area contributed by atoms with Crippen LogP contribution in [0.3, 0.4) is 0 Å². The largest absolute Gasteiger partial charge is 0.494 e. The number of nitrogens with one attached hydrogen (secondary N) is 1. The molecule has 8 heteroatoms. The molecular formula is C16H19N6O2+. The van der Waals surface area contributed by atoms with Gasteiger partial charge in [0.15, 0.2) is 0 Å². The first kappa shape index (κ1) is 15.7. The van der Waals surface area contributed by atoms with Crippen molar-refractivity contribution in [1.29, 1.82) is 0 Å². The molecule has 0 saturated carbocycles. The van der Waals surface area contributed by atoms with Crippen molar-refractivity contribution < 1.29 is 9.42 Å². The monoisotopic (exact) mass is 327 g/mol. The number of benzene rings is 1. The Morgan fingerprint density at radius 3 is 2.67 bits per heavy atom. The van der Waals surface area contributed by atoms with E-state index in [0.717, 1.165) is 11.3 Å². The third-order valence-electron chi connectivity index (χ3n) is 3.53. The predicted molar refractivity (Wildman–Crippen MR) is 90.9 cm³/mol. The van der Waals surface area contributed by atoms with Gasteiger partial charge >= 0.3 is 11.7 Å². The van der Waals surface area contributed by atoms with Crippen LogP contribution in [0.2, 0.25) is 0 Å². The van der Waals surface area contributed by atoms with Crippen LogP contribution in [0.5, 0.6) is 5.75 Å². The fraction of sp³-hybridized carbons (Fsp3) is 0.250. The van der Waals surface area contributed by atoms with Gasteiger partial charge in [0, 0.05) is 19.2 Å². The summed E-state index contributed by atoms with van der Waals surface area (Å²) in [4.78, 5) is 19.4. The maximum atomic E-state index is 12.3. The normalized spacial score (nSPS) is 10.8. The van der Waals surface area contributed by atoms with Gasteiger partial charge in [-0.3, -0.25) is 14.8 Å². The van der Waals surface area contributed by atoms with E-state index in [9.17, 15) is 4.79 Å². The Kier molecular flexibility index (Phi) is 4.03. The lowest BCUT2D eigenvalue weighted by atomic mass is 10.1. The predicted octanol–water partition coefficient (Wildman–Crippen LogP) is 1.30. The van der Waals surface area contributed by atoms with E-state index in [4.69, 9.17) is 4.74 Å². The van der Waals surface area contributed by atoms with Crippen LogP contribution in [-0.4, -0.2) is 56.7 Å². The molecule has 0 unspecified atom stereocenters. The van der Waals surface area contributed by atoms with Crippen LogP contribution in [0, 0.1) is 0 Å². The van der Waals surface area contributed by atoms with Gasteiger partial charge < -0.3 is 4.74 Å². The lowest BCUT2D eigenvalue weighted by Crippen LogP contribution is -2.22. The number of H-pyrrole nitrogens is 1. The fourth-order valence-electron chi connectivity index (χ4n) is 2.23. The third kappa shape index (κ3) is 2.85. The third-order valence-corrected chi connectivity index (χ3v) is 3.53. The number of hydrogen-bond donors (Lipinski definition) is 1. The van der Waals surface area contributed by atoms with Crippen LogP contribution in [-0.2, 0) is 0 Å². The van der Waals surface area contributed by atoms with Gasteiger partial charge in [-0.15, -0.1) is 9.20 Å². The second-order valence-electron chi connectivity index (χ2n) is 5.38. The van der Waals surface area contributed by atoms with Gasteiger partial charge in [0.2, 0.25) is 0 Å². The Morgan fingerprint density at radius 2 is 2.04 bits per heavy atom. The number of aromatic amines is 1. The van der Waals surface area contributed by atoms with Crippen LogP contribution in [0.1, 0.15) is 6.92 Å². The lowest BCUT2D eigenvalue weighted by Gasteiger charge is -2.08. The van der Waals surface area contributed by atoms with E-state index in [1.807, 2.05) is 45.3 Å². The summed E-state index contributed by atoms with van der Waals surface area (Å²) in [6, 6.07) is 7.34. The SMILES string of the molecule is C=[N+](c1nc2[nH]c(=O)c(-c3ccc(OCC)cc3)cn2n1)N(C)C. The van der Waals surface area contributed by atoms with Gasteiger partial charge in [-0.05, 0) is 29.6 Å². The first-order chi connectivity index (χ1) is 11.5. The Labute approximate surface area is 138 Å². The van der Waals surface area contributed by atoms with Crippen molar-refractivity contribution in [3.8, 4) is 16.9 Å². The second-order valence-corrected chi connectivity index (χ2v) is 5.38. The summed E-state index contributed by atoms with van der Waals surface area (Å²) in [6.45, 7) is 6.37. The highest BCUT2D eigenvalue weighted by molar-refractivity contribution is 5.63. The molecule has 0 bridgehead atoms. The molecule has 0 fully saturated rings. The van der Waals surface area contributed by atoms with Crippen molar-refractivity contribution in [2.24, 2.45) is 0 Å². The summed E-state index contributed by atoms with van der Waals surface area (Å²) >= 11 is 0. The number of fused-ring (bicyclic) bond motifs is 1. The summed E-state index contributed by atoms with van der Waals surface area (Å²) in [5, 5.41) is 6.08. The first-order valence-corrected chi connectivity index (χ1v) is 7.50. The van der Waals surface area contributed by atoms with E-state index < -0.39 is 0 Å². The van der Waals surface area contributed by atoms with Crippen molar-refractivity contribution in [3.63, 3.8) is 0 Å². The topological polar surface area (TPSA) is 78.5 Å². The van der Waals surface area contributed by atoms with Crippen LogP contribution < -0.4 is 10.3 Å². The van der Waals surface area contributed by atoms with Gasteiger partial charge in [-0.1, -0.05) is 12.1 Å². The Bertz CT molecular complexity index is 939. The van der Waals surface area contributed by atoms with Gasteiger partial charge in [0.1, 0.15) is 5.75 Å². The van der Waals surface area contributed by atoms with Crippen molar-refractivity contribution >= 4 is 18.4 Å². The Balaban J connectivity index is 2.04. The van der Waals surface area contributed by atoms with E-state index in [-0.39, 0.29) is 5.56 Å². The van der Waals surface area contributed by atoms with Gasteiger partial charge in [-0.25, -0.2) is 0 Å². The van der Waals surface area contributed by atoms with E-state index >= 15 is 0 Å². The molecule has 0 aliphatic carbocycles. The maximum absolute atomic E-state index is 12.3. The standard InChI is InChI=1S/C16H18N6O2/c1-5-24-12-8-6-11(7-9-12)13-10-22-15(17-14(13)23)18-16(19-22)21(4)20(2)3/h6-10H,4-5H2,1-3H3/p+1. The summed E-state index contributed by atoms with van der Waals surface area (Å²) in [6.07, 6.45) is 1.66. The fourth-order valence-corrected chi connectivity index (χ4v) is 2.23. The Hall–Kier alpha value is -3.16. The number of rotatable bonds is 5. The number of ether oxygens (including phenoxy) is 1. The molecule has 8 nitrogen and oxygen atoms in total. The Morgan fingerprint density at radius 1 is 1.33 bits per heavy atom. The molecular weight excluding hydrogens is 308 g/mol. The molecule has 0 amide bonds. The summed E-state index contributed by atoms with van der Waals surface area (Å²) < 4.78 is 8.48. The first-order valence-electron chi connectivity index (χ1n) is 7.50. The summed E-state index contributed by atoms with van der Waals surface area (Å²) in [7, 11) is 3.65. The molecule has 2 aromatic heterocycles. The molecule has 3 aromatic rings. The van der Waals surface area contributed by atoms with Crippen LogP contribution in [0.25, 0.3) is 16.9 Å². The molecule has 0 atom stereocenters. The second kappa shape index (κ2) is 6.15. The molecule has 0 aliphatic rings. The van der Waals surface area contributed by atoms with Crippen molar-refractivity contribution in [1.82, 2.24) is 24.6 Å². The van der Waals surface area contributed by atoms with Crippen molar-refractivity contribution in [2.75, 3.05) is 20.7 Å². The molecule has 24 heavy (non-hydrogen) atoms. The van der Waals surface area contributed by atoms with E-state index in [2.05, 4.69) is 21.8 Å². The number of nitrogens with zero attached hydrogens (tertiary/aromatic N) is 5. The molecule has 0 saturated heterocycles. The molecule has 1 aromatic carbocycles. The zero-order valence-corrected chi connectivity index (χ0v) is 13.9. The number of hydrazine groups is 1. The molecule has 0 spiro atoms. The van der Waals surface area contributed by atoms with Gasteiger partial charge in [0.25, 0.3) is 5.56 Å². The highest BCUT2D eigenvalue weighted by Gasteiger charge is 2.20. The molecule has 3 rings (SSSR count). The van der Waals surface area contributed by atoms with Crippen LogP contribution in [0.4, 0.5) is 5.95 Å². The number of aromatic nitrogens is 4. The van der Waals surface area contributed by atoms with E-state index in [1.165, 1.54) is 9.20 Å². The highest BCUT2D eigenvalue weighted by atomic mass is 16.5. The summed E-state index contributed by atoms with van der Waals surface area (Å²) in [5.74, 6) is 1.51. The lowest BCUT2D eigenvalue weighted by molar-refractivity contribution is -0.607. The van der Waals surface area contributed by atoms with Crippen LogP contribution >= 0.6 is 0 Å². The minimum absolute atomic E-state index is 0.230. The van der Waals surface area contributed by atoms with Crippen molar-refractivity contribution in [2.45, 2.75) is 6.92 Å². The molecule has 1 N–H and O–H groups in total. The average molecular weight is 327 g/mol. The molecule has 0 radical (unpaired) electrons. The molecule has 2 heterocycles. The van der Waals surface area contributed by atoms with E-state index in [0.29, 0.717) is 23.9 Å². The number of hydrogen-bond acceptors (Lipinski definition) is 5. The maximum Gasteiger partial charge on any atom is 0.479 e. The van der Waals surface area contributed by atoms with Gasteiger partial charge in [-0.2, -0.15) is 0 Å². The smallest absolute Gasteiger partial charge is 0.479 e. The van der Waals surface area contributed by atoms with Crippen molar-refractivity contribution in [3.05, 3.63) is 40.8 Å². The minimum atomic E-state index is -0.230. The average Bonchev–Trinajstić information content (AvgIpc) is 2.97. The van der Waals surface area contributed by atoms with Crippen LogP contribution in [0.15, 0.2) is 35.3 Å². The molecule has 0 aliphatic heterocycles. The highest BCUT2D eigenvalue weighted by Crippen LogP contribution is 2.20. The minimum Gasteiger partial charge on any atom is -0.494 e. The summed E-state index contributed by atoms with van der Waals surface area (Å²) in [5.41, 5.74) is 1.05. The zero-order chi connectivity index (χ0) is 17.3. The van der Waals surface area contributed by atoms with Gasteiger partial charge in [0.05, 0.1) is 25.1 Å². The zero-order valence-electron chi connectivity index (χ0n) is 13.9. The van der Waals surface area contributed by atoms with E-state index in [1.54, 1.807) is 11.2 Å². The molecule has 124 valence electrons.